The average molecular weight is 522 g/mol. The van der Waals surface area contributed by atoms with Gasteiger partial charge in [0, 0.05) is 19.5 Å². The second-order valence-corrected chi connectivity index (χ2v) is 7.79. The summed E-state index contributed by atoms with van der Waals surface area (Å²) in [5, 5.41) is -5.99. The molecule has 33 heavy (non-hydrogen) atoms. The first-order chi connectivity index (χ1) is 14.7. The Bertz CT molecular complexity index is 827. The lowest BCUT2D eigenvalue weighted by Gasteiger charge is -2.36. The smallest absolute Gasteiger partial charge is 0.466 e. The van der Waals surface area contributed by atoms with Crippen LogP contribution in [0.1, 0.15) is 33.1 Å². The molecule has 0 aromatic heterocycles. The Hall–Kier alpha value is -2.01. The van der Waals surface area contributed by atoms with Crippen LogP contribution in [0.4, 0.5) is 35.1 Å². The van der Waals surface area contributed by atoms with E-state index >= 15 is 0 Å². The van der Waals surface area contributed by atoms with E-state index < -0.39 is 76.8 Å². The summed E-state index contributed by atoms with van der Waals surface area (Å²) in [5.41, 5.74) is 0. The zero-order valence-electron chi connectivity index (χ0n) is 17.2. The molecule has 0 saturated heterocycles. The van der Waals surface area contributed by atoms with E-state index in [1.54, 1.807) is 0 Å². The zero-order valence-corrected chi connectivity index (χ0v) is 18.0. The minimum Gasteiger partial charge on any atom is -0.743 e. The first-order valence-electron chi connectivity index (χ1n) is 9.00. The largest absolute Gasteiger partial charge is 0.743 e. The average Bonchev–Trinajstić information content (AvgIpc) is 2.65. The van der Waals surface area contributed by atoms with Gasteiger partial charge in [0.1, 0.15) is 0 Å². The lowest BCUT2D eigenvalue weighted by Crippen LogP contribution is -2.62. The molecule has 0 aliphatic carbocycles. The van der Waals surface area contributed by atoms with Crippen molar-refractivity contribution in [2.45, 2.75) is 56.3 Å². The Balaban J connectivity index is 5.70. The maximum Gasteiger partial charge on any atom is 0.466 e. The van der Waals surface area contributed by atoms with E-state index in [1.165, 1.54) is 13.8 Å². The number of alkyl halides is 7. The van der Waals surface area contributed by atoms with E-state index in [0.717, 1.165) is 0 Å². The summed E-state index contributed by atoms with van der Waals surface area (Å²) in [6, 6.07) is 0. The Morgan fingerprint density at radius 1 is 1.00 bits per heavy atom. The minimum absolute atomic E-state index is 0.352. The van der Waals surface area contributed by atoms with Crippen LogP contribution in [-0.4, -0.2) is 72.6 Å². The van der Waals surface area contributed by atoms with Crippen LogP contribution >= 0.6 is 0 Å². The van der Waals surface area contributed by atoms with Gasteiger partial charge in [0.05, 0.1) is 6.61 Å². The molecule has 194 valence electrons. The summed E-state index contributed by atoms with van der Waals surface area (Å²) in [5.74, 6) is -16.1. The lowest BCUT2D eigenvalue weighted by molar-refractivity contribution is -0.350. The zero-order chi connectivity index (χ0) is 26.5. The predicted molar refractivity (Wildman–Crippen MR) is 92.4 cm³/mol. The summed E-state index contributed by atoms with van der Waals surface area (Å²) < 4.78 is 146. The van der Waals surface area contributed by atoms with Crippen molar-refractivity contribution in [3.8, 4) is 0 Å². The van der Waals surface area contributed by atoms with E-state index in [0.29, 0.717) is 4.90 Å². The van der Waals surface area contributed by atoms with Crippen LogP contribution in [0.5, 0.6) is 0 Å². The molecule has 0 radical (unpaired) electrons. The highest BCUT2D eigenvalue weighted by molar-refractivity contribution is 7.86. The molecule has 0 rings (SSSR count). The fraction of sp³-hybridized carbons (Fsp3) is 0.750. The Morgan fingerprint density at radius 2 is 1.48 bits per heavy atom. The quantitative estimate of drug-likeness (QED) is 0.0913. The van der Waals surface area contributed by atoms with Gasteiger partial charge in [-0.15, -0.1) is 0 Å². The molecule has 0 aromatic rings. The third kappa shape index (κ3) is 6.99. The summed E-state index contributed by atoms with van der Waals surface area (Å²) >= 11 is 0. The number of rotatable bonds is 13. The molecular formula is C16H20F8NO7S-. The fourth-order valence-electron chi connectivity index (χ4n) is 2.29. The van der Waals surface area contributed by atoms with Crippen molar-refractivity contribution >= 4 is 22.0 Å². The lowest BCUT2D eigenvalue weighted by atomic mass is 10.1. The molecule has 0 aliphatic heterocycles. The molecular weight excluding hydrogens is 502 g/mol. The maximum absolute atomic E-state index is 13.7. The van der Waals surface area contributed by atoms with Gasteiger partial charge >= 0.3 is 35.0 Å². The second kappa shape index (κ2) is 10.9. The number of hydrogen-bond acceptors (Lipinski definition) is 7. The highest BCUT2D eigenvalue weighted by Crippen LogP contribution is 2.42. The van der Waals surface area contributed by atoms with E-state index in [2.05, 4.69) is 16.1 Å². The number of amides is 1. The highest BCUT2D eigenvalue weighted by Gasteiger charge is 2.67. The fourth-order valence-corrected chi connectivity index (χ4v) is 2.76. The molecule has 0 N–H and O–H groups in total. The van der Waals surface area contributed by atoms with Crippen LogP contribution in [0.2, 0.25) is 0 Å². The first kappa shape index (κ1) is 31.0. The number of carbonyl (C=O) groups is 2. The number of carbonyl (C=O) groups excluding carboxylic acids is 2. The third-order valence-electron chi connectivity index (χ3n) is 4.09. The van der Waals surface area contributed by atoms with E-state index in [4.69, 9.17) is 0 Å². The first-order valence-corrected chi connectivity index (χ1v) is 10.4. The van der Waals surface area contributed by atoms with Crippen LogP contribution in [0, 0.1) is 0 Å². The molecule has 8 nitrogen and oxygen atoms in total. The normalized spacial score (nSPS) is 15.0. The Labute approximate surface area is 183 Å². The van der Waals surface area contributed by atoms with Gasteiger partial charge in [-0.05, 0) is 26.7 Å². The highest BCUT2D eigenvalue weighted by atomic mass is 32.2. The van der Waals surface area contributed by atoms with Crippen LogP contribution in [-0.2, 0) is 29.2 Å². The van der Waals surface area contributed by atoms with Crippen molar-refractivity contribution in [1.82, 2.24) is 4.90 Å². The third-order valence-corrected chi connectivity index (χ3v) is 5.02. The van der Waals surface area contributed by atoms with Gasteiger partial charge in [-0.2, -0.15) is 35.1 Å². The van der Waals surface area contributed by atoms with Crippen LogP contribution in [0.15, 0.2) is 12.4 Å². The predicted octanol–water partition coefficient (Wildman–Crippen LogP) is 3.10. The van der Waals surface area contributed by atoms with Gasteiger partial charge in [0.25, 0.3) is 0 Å². The van der Waals surface area contributed by atoms with Gasteiger partial charge in [0.2, 0.25) is 5.83 Å². The summed E-state index contributed by atoms with van der Waals surface area (Å²) in [6.07, 6.45) is -9.82. The topological polar surface area (TPSA) is 113 Å². The van der Waals surface area contributed by atoms with Crippen molar-refractivity contribution in [3.63, 3.8) is 0 Å². The van der Waals surface area contributed by atoms with Crippen LogP contribution < -0.4 is 0 Å². The van der Waals surface area contributed by atoms with E-state index in [9.17, 15) is 57.7 Å². The summed E-state index contributed by atoms with van der Waals surface area (Å²) in [6.45, 7) is 2.89. The number of ether oxygens (including phenoxy) is 2. The SMILES string of the molecule is C=C(F)C(=O)OC(OCCCCC(F)(F)C(F)(F)S(=O)(=O)[O-])(C(=O)N(CC)CC)C(F)(F)F. The summed E-state index contributed by atoms with van der Waals surface area (Å²) in [4.78, 5) is 24.3. The van der Waals surface area contributed by atoms with Crippen LogP contribution in [0.25, 0.3) is 0 Å². The molecule has 0 bridgehead atoms. The molecule has 0 heterocycles. The molecule has 0 saturated carbocycles. The van der Waals surface area contributed by atoms with Crippen molar-refractivity contribution < 1.29 is 67.2 Å². The standard InChI is InChI=1S/C16H21F8NO7S/c1-4-25(5-2)12(27)14(15(20,21)22,32-11(26)10(3)17)31-9-7-6-8-13(18,19)16(23,24)33(28,29)30/h3-9H2,1-2H3,(H,28,29,30)/p-1. The number of likely N-dealkylation sites (N-methyl/N-ethyl adjacent to an activating group) is 1. The number of hydrogen-bond donors (Lipinski definition) is 0. The molecule has 0 aromatic carbocycles. The van der Waals surface area contributed by atoms with Crippen LogP contribution in [0.3, 0.4) is 0 Å². The number of nitrogens with zero attached hydrogens (tertiary/aromatic N) is 1. The summed E-state index contributed by atoms with van der Waals surface area (Å²) in [7, 11) is -6.76. The number of halogens is 8. The maximum atomic E-state index is 13.7. The molecule has 17 heteroatoms. The molecule has 1 amide bonds. The monoisotopic (exact) mass is 522 g/mol. The molecule has 0 fully saturated rings. The molecule has 1 atom stereocenters. The Morgan fingerprint density at radius 3 is 1.85 bits per heavy atom. The van der Waals surface area contributed by atoms with Gasteiger partial charge in [-0.3, -0.25) is 4.79 Å². The van der Waals surface area contributed by atoms with Crippen molar-refractivity contribution in [1.29, 1.82) is 0 Å². The van der Waals surface area contributed by atoms with Crippen molar-refractivity contribution in [2.24, 2.45) is 0 Å². The minimum atomic E-state index is -6.76. The van der Waals surface area contributed by atoms with Crippen molar-refractivity contribution in [2.75, 3.05) is 19.7 Å². The van der Waals surface area contributed by atoms with Gasteiger partial charge in [-0.25, -0.2) is 13.2 Å². The van der Waals surface area contributed by atoms with Crippen molar-refractivity contribution in [3.05, 3.63) is 12.4 Å². The molecule has 0 spiro atoms. The van der Waals surface area contributed by atoms with E-state index in [1.807, 2.05) is 0 Å². The number of esters is 1. The van der Waals surface area contributed by atoms with Gasteiger partial charge < -0.3 is 18.9 Å². The number of unbranched alkanes of at least 4 members (excludes halogenated alkanes) is 1. The van der Waals surface area contributed by atoms with Gasteiger partial charge in [0.15, 0.2) is 10.1 Å². The molecule has 1 unspecified atom stereocenters. The second-order valence-electron chi connectivity index (χ2n) is 6.37. The van der Waals surface area contributed by atoms with Gasteiger partial charge in [-0.1, -0.05) is 6.58 Å². The van der Waals surface area contributed by atoms with E-state index in [-0.39, 0.29) is 13.1 Å². The molecule has 0 aliphatic rings. The Kier molecular flexibility index (Phi) is 10.3.